The Morgan fingerprint density at radius 3 is 2.19 bits per heavy atom. The molecule has 134 valence electrons. The third kappa shape index (κ3) is 3.62. The first-order valence-corrected chi connectivity index (χ1v) is 10.1. The van der Waals surface area contributed by atoms with Crippen LogP contribution < -0.4 is 0 Å². The van der Waals surface area contributed by atoms with Crippen LogP contribution in [0, 0.1) is 5.92 Å². The highest BCUT2D eigenvalue weighted by atomic mass is 16.3. The van der Waals surface area contributed by atoms with E-state index in [1.54, 1.807) is 6.07 Å². The molecule has 0 saturated heterocycles. The van der Waals surface area contributed by atoms with Crippen LogP contribution in [0.3, 0.4) is 0 Å². The summed E-state index contributed by atoms with van der Waals surface area (Å²) < 4.78 is 0. The Labute approximate surface area is 156 Å². The van der Waals surface area contributed by atoms with Crippen molar-refractivity contribution in [2.45, 2.75) is 51.4 Å². The molecule has 1 aliphatic carbocycles. The van der Waals surface area contributed by atoms with Gasteiger partial charge in [0, 0.05) is 0 Å². The van der Waals surface area contributed by atoms with Crippen molar-refractivity contribution in [1.82, 2.24) is 0 Å². The van der Waals surface area contributed by atoms with E-state index in [-0.39, 0.29) is 0 Å². The Morgan fingerprint density at radius 1 is 0.769 bits per heavy atom. The number of rotatable bonds is 4. The number of phenols is 1. The van der Waals surface area contributed by atoms with E-state index in [4.69, 9.17) is 0 Å². The van der Waals surface area contributed by atoms with Gasteiger partial charge in [0.1, 0.15) is 5.75 Å². The lowest BCUT2D eigenvalue weighted by Crippen LogP contribution is -2.13. The number of hydrogen-bond acceptors (Lipinski definition) is 1. The van der Waals surface area contributed by atoms with E-state index in [0.717, 1.165) is 22.6 Å². The van der Waals surface area contributed by atoms with Gasteiger partial charge in [0.25, 0.3) is 0 Å². The molecule has 0 heterocycles. The number of hydrogen-bond donors (Lipinski definition) is 1. The Balaban J connectivity index is 1.51. The van der Waals surface area contributed by atoms with Crippen LogP contribution in [0.15, 0.2) is 60.7 Å². The molecule has 26 heavy (non-hydrogen) atoms. The molecule has 0 spiro atoms. The number of phenolic OH excluding ortho intramolecular Hbond substituents is 1. The maximum atomic E-state index is 9.72. The van der Waals surface area contributed by atoms with Gasteiger partial charge in [-0.25, -0.2) is 0 Å². The second kappa shape index (κ2) is 7.53. The Hall–Kier alpha value is -2.28. The molecule has 0 amide bonds. The van der Waals surface area contributed by atoms with E-state index in [2.05, 4.69) is 49.4 Å². The maximum Gasteiger partial charge on any atom is 0.116 e. The van der Waals surface area contributed by atoms with Crippen molar-refractivity contribution in [3.05, 3.63) is 66.2 Å². The highest BCUT2D eigenvalue weighted by molar-refractivity contribution is 5.88. The monoisotopic (exact) mass is 344 g/mol. The molecule has 0 aliphatic heterocycles. The Kier molecular flexibility index (Phi) is 4.97. The lowest BCUT2D eigenvalue weighted by molar-refractivity contribution is 0.308. The molecule has 1 saturated carbocycles. The molecule has 3 aromatic rings. The molecule has 1 fully saturated rings. The van der Waals surface area contributed by atoms with Gasteiger partial charge in [0.15, 0.2) is 0 Å². The van der Waals surface area contributed by atoms with Crippen molar-refractivity contribution in [2.24, 2.45) is 5.92 Å². The second-order valence-electron chi connectivity index (χ2n) is 7.87. The van der Waals surface area contributed by atoms with Gasteiger partial charge < -0.3 is 5.11 Å². The summed E-state index contributed by atoms with van der Waals surface area (Å²) >= 11 is 0. The molecule has 0 atom stereocenters. The van der Waals surface area contributed by atoms with Gasteiger partial charge in [-0.1, -0.05) is 62.2 Å². The molecule has 4 rings (SSSR count). The fraction of sp³-hybridized carbons (Fsp3) is 0.360. The van der Waals surface area contributed by atoms with Crippen LogP contribution in [0.5, 0.6) is 5.75 Å². The van der Waals surface area contributed by atoms with Crippen LogP contribution >= 0.6 is 0 Å². The summed E-state index contributed by atoms with van der Waals surface area (Å²) in [5.41, 5.74) is 3.96. The maximum absolute atomic E-state index is 9.72. The summed E-state index contributed by atoms with van der Waals surface area (Å²) in [7, 11) is 0. The zero-order valence-corrected chi connectivity index (χ0v) is 15.6. The van der Waals surface area contributed by atoms with Crippen LogP contribution in [0.4, 0.5) is 0 Å². The Morgan fingerprint density at radius 2 is 1.46 bits per heavy atom. The molecule has 0 radical (unpaired) electrons. The molecule has 0 unspecified atom stereocenters. The summed E-state index contributed by atoms with van der Waals surface area (Å²) in [6.07, 6.45) is 8.22. The van der Waals surface area contributed by atoms with Gasteiger partial charge in [-0.3, -0.25) is 0 Å². The summed E-state index contributed by atoms with van der Waals surface area (Å²) in [4.78, 5) is 0. The third-order valence-corrected chi connectivity index (χ3v) is 6.08. The molecule has 1 heteroatoms. The zero-order chi connectivity index (χ0) is 17.9. The minimum atomic E-state index is 0.323. The Bertz CT molecular complexity index is 870. The van der Waals surface area contributed by atoms with Crippen molar-refractivity contribution in [3.8, 4) is 16.9 Å². The second-order valence-corrected chi connectivity index (χ2v) is 7.87. The average Bonchev–Trinajstić information content (AvgIpc) is 2.68. The van der Waals surface area contributed by atoms with E-state index in [0.29, 0.717) is 5.75 Å². The minimum absolute atomic E-state index is 0.323. The quantitative estimate of drug-likeness (QED) is 0.527. The standard InChI is InChI=1S/C25H28O/c1-2-3-18-4-6-19(7-5-18)20-8-10-21(11-9-20)23-13-12-22-14-15-25(26)17-24(22)16-23/h8-19,26H,2-7H2,1H3. The molecular formula is C25H28O. The van der Waals surface area contributed by atoms with Crippen LogP contribution in [0.1, 0.15) is 56.9 Å². The van der Waals surface area contributed by atoms with Crippen LogP contribution in [-0.2, 0) is 0 Å². The van der Waals surface area contributed by atoms with E-state index < -0.39 is 0 Å². The predicted octanol–water partition coefficient (Wildman–Crippen LogP) is 7.29. The summed E-state index contributed by atoms with van der Waals surface area (Å²) in [6.45, 7) is 2.30. The first-order chi connectivity index (χ1) is 12.7. The fourth-order valence-electron chi connectivity index (χ4n) is 4.55. The smallest absolute Gasteiger partial charge is 0.116 e. The van der Waals surface area contributed by atoms with E-state index >= 15 is 0 Å². The summed E-state index contributed by atoms with van der Waals surface area (Å²) in [6, 6.07) is 21.2. The van der Waals surface area contributed by atoms with Crippen molar-refractivity contribution in [2.75, 3.05) is 0 Å². The number of benzene rings is 3. The fourth-order valence-corrected chi connectivity index (χ4v) is 4.55. The van der Waals surface area contributed by atoms with Gasteiger partial charge >= 0.3 is 0 Å². The molecule has 1 nitrogen and oxygen atoms in total. The van der Waals surface area contributed by atoms with Crippen LogP contribution in [0.2, 0.25) is 0 Å². The highest BCUT2D eigenvalue weighted by Crippen LogP contribution is 2.38. The minimum Gasteiger partial charge on any atom is -0.508 e. The molecule has 0 aromatic heterocycles. The van der Waals surface area contributed by atoms with E-state index in [1.165, 1.54) is 55.2 Å². The van der Waals surface area contributed by atoms with Crippen LogP contribution in [0.25, 0.3) is 21.9 Å². The molecular weight excluding hydrogens is 316 g/mol. The van der Waals surface area contributed by atoms with Crippen molar-refractivity contribution < 1.29 is 5.11 Å². The predicted molar refractivity (Wildman–Crippen MR) is 111 cm³/mol. The van der Waals surface area contributed by atoms with Crippen molar-refractivity contribution >= 4 is 10.8 Å². The third-order valence-electron chi connectivity index (χ3n) is 6.08. The molecule has 1 N–H and O–H groups in total. The highest BCUT2D eigenvalue weighted by Gasteiger charge is 2.21. The average molecular weight is 344 g/mol. The van der Waals surface area contributed by atoms with Crippen molar-refractivity contribution in [1.29, 1.82) is 0 Å². The largest absolute Gasteiger partial charge is 0.508 e. The zero-order valence-electron chi connectivity index (χ0n) is 15.6. The topological polar surface area (TPSA) is 20.2 Å². The molecule has 0 bridgehead atoms. The van der Waals surface area contributed by atoms with Crippen LogP contribution in [-0.4, -0.2) is 5.11 Å². The van der Waals surface area contributed by atoms with Gasteiger partial charge in [-0.15, -0.1) is 0 Å². The number of aromatic hydroxyl groups is 1. The van der Waals surface area contributed by atoms with Gasteiger partial charge in [-0.05, 0) is 83.2 Å². The van der Waals surface area contributed by atoms with Gasteiger partial charge in [0.05, 0.1) is 0 Å². The first-order valence-electron chi connectivity index (χ1n) is 10.1. The lowest BCUT2D eigenvalue weighted by atomic mass is 9.77. The molecule has 1 aliphatic rings. The van der Waals surface area contributed by atoms with Gasteiger partial charge in [-0.2, -0.15) is 0 Å². The SMILES string of the molecule is CCCC1CCC(c2ccc(-c3ccc4ccc(O)cc4c3)cc2)CC1. The van der Waals surface area contributed by atoms with Crippen molar-refractivity contribution in [3.63, 3.8) is 0 Å². The van der Waals surface area contributed by atoms with E-state index in [9.17, 15) is 5.11 Å². The van der Waals surface area contributed by atoms with Gasteiger partial charge in [0.2, 0.25) is 0 Å². The number of fused-ring (bicyclic) bond motifs is 1. The van der Waals surface area contributed by atoms with E-state index in [1.807, 2.05) is 12.1 Å². The normalized spacial score (nSPS) is 20.3. The molecule has 3 aromatic carbocycles. The lowest BCUT2D eigenvalue weighted by Gasteiger charge is -2.28. The summed E-state index contributed by atoms with van der Waals surface area (Å²) in [5.74, 6) is 2.03. The first kappa shape index (κ1) is 17.1. The summed E-state index contributed by atoms with van der Waals surface area (Å²) in [5, 5.41) is 12.0.